The van der Waals surface area contributed by atoms with Crippen LogP contribution in [0.5, 0.6) is 0 Å². The molecule has 0 atom stereocenters. The minimum atomic E-state index is -0.483. The molecular formula is C27H24N4O3. The minimum absolute atomic E-state index is 0.135. The molecule has 0 bridgehead atoms. The molecule has 0 spiro atoms. The van der Waals surface area contributed by atoms with Crippen LogP contribution >= 0.6 is 0 Å². The van der Waals surface area contributed by atoms with Gasteiger partial charge in [-0.2, -0.15) is 0 Å². The fraction of sp³-hybridized carbons (Fsp3) is 0.111. The first-order valence-electron chi connectivity index (χ1n) is 11.0. The van der Waals surface area contributed by atoms with Crippen LogP contribution in [0.1, 0.15) is 21.7 Å². The van der Waals surface area contributed by atoms with E-state index in [1.165, 1.54) is 6.26 Å². The van der Waals surface area contributed by atoms with Crippen LogP contribution < -0.4 is 10.6 Å². The second kappa shape index (κ2) is 9.15. The number of amides is 2. The third-order valence-electron chi connectivity index (χ3n) is 5.82. The van der Waals surface area contributed by atoms with Crippen molar-refractivity contribution >= 4 is 39.7 Å². The number of nitrogens with one attached hydrogen (secondary N) is 3. The lowest BCUT2D eigenvalue weighted by atomic mass is 10.1. The van der Waals surface area contributed by atoms with Crippen molar-refractivity contribution < 1.29 is 14.0 Å². The van der Waals surface area contributed by atoms with Gasteiger partial charge in [-0.15, -0.1) is 0 Å². The van der Waals surface area contributed by atoms with Crippen LogP contribution in [0.2, 0.25) is 0 Å². The van der Waals surface area contributed by atoms with Crippen molar-refractivity contribution in [3.05, 3.63) is 102 Å². The third kappa shape index (κ3) is 4.23. The molecule has 0 aliphatic carbocycles. The summed E-state index contributed by atoms with van der Waals surface area (Å²) in [4.78, 5) is 29.0. The van der Waals surface area contributed by atoms with Gasteiger partial charge < -0.3 is 24.6 Å². The van der Waals surface area contributed by atoms with Crippen LogP contribution in [0.4, 0.5) is 0 Å². The molecule has 3 N–H and O–H groups in total. The molecule has 0 unspecified atom stereocenters. The molecule has 0 fully saturated rings. The summed E-state index contributed by atoms with van der Waals surface area (Å²) in [5.41, 5.74) is 4.20. The number of aryl methyl sites for hydroxylation is 1. The lowest BCUT2D eigenvalue weighted by Crippen LogP contribution is -2.35. The number of aromatic nitrogens is 2. The van der Waals surface area contributed by atoms with Crippen molar-refractivity contribution in [1.82, 2.24) is 20.2 Å². The van der Waals surface area contributed by atoms with Crippen molar-refractivity contribution in [2.24, 2.45) is 7.05 Å². The fourth-order valence-corrected chi connectivity index (χ4v) is 4.14. The zero-order valence-electron chi connectivity index (χ0n) is 18.7. The lowest BCUT2D eigenvalue weighted by molar-refractivity contribution is -0.117. The van der Waals surface area contributed by atoms with Crippen LogP contribution in [-0.2, 0) is 18.3 Å². The second-order valence-electron chi connectivity index (χ2n) is 8.07. The molecule has 170 valence electrons. The van der Waals surface area contributed by atoms with E-state index in [0.29, 0.717) is 13.0 Å². The highest BCUT2D eigenvalue weighted by Crippen LogP contribution is 2.22. The number of para-hydroxylation sites is 2. The number of aromatic amines is 1. The average Bonchev–Trinajstić information content (AvgIpc) is 3.59. The van der Waals surface area contributed by atoms with Gasteiger partial charge in [-0.05, 0) is 42.3 Å². The number of fused-ring (bicyclic) bond motifs is 2. The van der Waals surface area contributed by atoms with Crippen LogP contribution in [0, 0.1) is 0 Å². The summed E-state index contributed by atoms with van der Waals surface area (Å²) in [6.45, 7) is 0.421. The Kier molecular flexibility index (Phi) is 5.74. The molecule has 5 rings (SSSR count). The fourth-order valence-electron chi connectivity index (χ4n) is 4.14. The summed E-state index contributed by atoms with van der Waals surface area (Å²) in [6, 6.07) is 19.1. The molecule has 0 aliphatic rings. The van der Waals surface area contributed by atoms with Crippen molar-refractivity contribution in [2.45, 2.75) is 6.42 Å². The highest BCUT2D eigenvalue weighted by Gasteiger charge is 2.17. The Morgan fingerprint density at radius 2 is 1.82 bits per heavy atom. The molecule has 5 aromatic rings. The first-order valence-corrected chi connectivity index (χ1v) is 11.0. The van der Waals surface area contributed by atoms with Gasteiger partial charge in [0.15, 0.2) is 5.76 Å². The van der Waals surface area contributed by atoms with Crippen molar-refractivity contribution in [1.29, 1.82) is 0 Å². The standard InChI is InChI=1S/C27H24N4O3/c1-31-17-19(21-8-3-5-10-24(21)31)15-23(30-27(33)25-11-6-14-34-25)26(32)28-13-12-18-16-29-22-9-4-2-7-20(18)22/h2-11,14-17,29H,12-13H2,1H3,(H,28,32)(H,30,33)/b23-15-. The summed E-state index contributed by atoms with van der Waals surface area (Å²) in [7, 11) is 1.95. The molecule has 2 amide bonds. The normalized spacial score (nSPS) is 11.7. The smallest absolute Gasteiger partial charge is 0.291 e. The molecule has 3 heterocycles. The van der Waals surface area contributed by atoms with Gasteiger partial charge in [0.2, 0.25) is 0 Å². The molecular weight excluding hydrogens is 428 g/mol. The molecule has 7 heteroatoms. The van der Waals surface area contributed by atoms with Gasteiger partial charge >= 0.3 is 0 Å². The van der Waals surface area contributed by atoms with Gasteiger partial charge in [0.05, 0.1) is 6.26 Å². The number of nitrogens with zero attached hydrogens (tertiary/aromatic N) is 1. The molecule has 2 aromatic carbocycles. The predicted molar refractivity (Wildman–Crippen MR) is 132 cm³/mol. The number of hydrogen-bond donors (Lipinski definition) is 3. The van der Waals surface area contributed by atoms with E-state index in [-0.39, 0.29) is 17.4 Å². The molecule has 0 radical (unpaired) electrons. The first-order chi connectivity index (χ1) is 16.6. The van der Waals surface area contributed by atoms with Crippen molar-refractivity contribution in [3.63, 3.8) is 0 Å². The first kappa shape index (κ1) is 21.3. The van der Waals surface area contributed by atoms with Crippen LogP contribution in [-0.4, -0.2) is 27.9 Å². The Morgan fingerprint density at radius 3 is 2.65 bits per heavy atom. The lowest BCUT2D eigenvalue weighted by Gasteiger charge is -2.10. The minimum Gasteiger partial charge on any atom is -0.459 e. The second-order valence-corrected chi connectivity index (χ2v) is 8.07. The molecule has 7 nitrogen and oxygen atoms in total. The summed E-state index contributed by atoms with van der Waals surface area (Å²) >= 11 is 0. The van der Waals surface area contributed by atoms with E-state index in [2.05, 4.69) is 21.7 Å². The summed E-state index contributed by atoms with van der Waals surface area (Å²) in [5.74, 6) is -0.716. The predicted octanol–water partition coefficient (Wildman–Crippen LogP) is 4.38. The number of H-pyrrole nitrogens is 1. The Labute approximate surface area is 196 Å². The highest BCUT2D eigenvalue weighted by atomic mass is 16.3. The van der Waals surface area contributed by atoms with E-state index < -0.39 is 5.91 Å². The number of hydrogen-bond acceptors (Lipinski definition) is 3. The summed E-state index contributed by atoms with van der Waals surface area (Å²) in [5, 5.41) is 7.78. The van der Waals surface area contributed by atoms with Crippen LogP contribution in [0.25, 0.3) is 27.9 Å². The largest absolute Gasteiger partial charge is 0.459 e. The summed E-state index contributed by atoms with van der Waals surface area (Å²) in [6.07, 6.45) is 7.67. The highest BCUT2D eigenvalue weighted by molar-refractivity contribution is 6.05. The van der Waals surface area contributed by atoms with E-state index in [0.717, 1.165) is 32.9 Å². The van der Waals surface area contributed by atoms with E-state index in [9.17, 15) is 9.59 Å². The number of rotatable bonds is 7. The maximum Gasteiger partial charge on any atom is 0.291 e. The van der Waals surface area contributed by atoms with Gasteiger partial charge in [-0.1, -0.05) is 36.4 Å². The van der Waals surface area contributed by atoms with Crippen molar-refractivity contribution in [2.75, 3.05) is 6.54 Å². The van der Waals surface area contributed by atoms with Gasteiger partial charge in [0.25, 0.3) is 11.8 Å². The van der Waals surface area contributed by atoms with Crippen molar-refractivity contribution in [3.8, 4) is 0 Å². The molecule has 0 aliphatic heterocycles. The number of furan rings is 1. The quantitative estimate of drug-likeness (QED) is 0.320. The van der Waals surface area contributed by atoms with E-state index >= 15 is 0 Å². The zero-order valence-corrected chi connectivity index (χ0v) is 18.7. The van der Waals surface area contributed by atoms with Gasteiger partial charge in [-0.3, -0.25) is 9.59 Å². The molecule has 34 heavy (non-hydrogen) atoms. The number of carbonyl (C=O) groups excluding carboxylic acids is 2. The van der Waals surface area contributed by atoms with E-state index in [4.69, 9.17) is 4.42 Å². The Bertz CT molecular complexity index is 1510. The van der Waals surface area contributed by atoms with Gasteiger partial charge in [0.1, 0.15) is 5.70 Å². The van der Waals surface area contributed by atoms with E-state index in [1.54, 1.807) is 18.2 Å². The van der Waals surface area contributed by atoms with Crippen LogP contribution in [0.15, 0.2) is 89.4 Å². The Hall–Kier alpha value is -4.52. The maximum atomic E-state index is 13.1. The topological polar surface area (TPSA) is 92.1 Å². The monoisotopic (exact) mass is 452 g/mol. The average molecular weight is 453 g/mol. The number of carbonyl (C=O) groups is 2. The molecule has 3 aromatic heterocycles. The molecule has 0 saturated heterocycles. The third-order valence-corrected chi connectivity index (χ3v) is 5.82. The molecule has 0 saturated carbocycles. The van der Waals surface area contributed by atoms with Gasteiger partial charge in [0, 0.05) is 53.4 Å². The number of benzene rings is 2. The summed E-state index contributed by atoms with van der Waals surface area (Å²) < 4.78 is 7.18. The SMILES string of the molecule is Cn1cc(/C=C(\NC(=O)c2ccco2)C(=O)NCCc2c[nH]c3ccccc23)c2ccccc21. The van der Waals surface area contributed by atoms with E-state index in [1.807, 2.05) is 66.5 Å². The maximum absolute atomic E-state index is 13.1. The Morgan fingerprint density at radius 1 is 1.03 bits per heavy atom. The van der Waals surface area contributed by atoms with Crippen LogP contribution in [0.3, 0.4) is 0 Å². The Balaban J connectivity index is 1.38. The van der Waals surface area contributed by atoms with Gasteiger partial charge in [-0.25, -0.2) is 0 Å². The zero-order chi connectivity index (χ0) is 23.5.